The lowest BCUT2D eigenvalue weighted by molar-refractivity contribution is -0.116. The van der Waals surface area contributed by atoms with E-state index in [0.29, 0.717) is 0 Å². The molecule has 0 saturated heterocycles. The highest BCUT2D eigenvalue weighted by Crippen LogP contribution is 2.28. The van der Waals surface area contributed by atoms with Gasteiger partial charge in [-0.25, -0.2) is 0 Å². The monoisotopic (exact) mass is 295 g/mol. The molecule has 1 aromatic carbocycles. The molecule has 112 valence electrons. The first kappa shape index (κ1) is 17.0. The summed E-state index contributed by atoms with van der Waals surface area (Å²) in [6.07, 6.45) is 5.19. The largest absolute Gasteiger partial charge is 0.311 e. The fourth-order valence-corrected chi connectivity index (χ4v) is 2.66. The number of hydrogen-bond donors (Lipinski definition) is 0. The molecular formula is C17H26ClNO. The molecule has 0 bridgehead atoms. The van der Waals surface area contributed by atoms with Crippen LogP contribution in [0.4, 0.5) is 5.69 Å². The second kappa shape index (κ2) is 9.02. The number of para-hydroxylation sites is 1. The van der Waals surface area contributed by atoms with E-state index in [-0.39, 0.29) is 11.8 Å². The molecule has 0 atom stereocenters. The van der Waals surface area contributed by atoms with E-state index in [2.05, 4.69) is 39.0 Å². The van der Waals surface area contributed by atoms with Crippen LogP contribution in [0.2, 0.25) is 0 Å². The molecule has 0 aromatic heterocycles. The summed E-state index contributed by atoms with van der Waals surface area (Å²) in [7, 11) is 0. The van der Waals surface area contributed by atoms with E-state index in [4.69, 9.17) is 11.6 Å². The lowest BCUT2D eigenvalue weighted by Crippen LogP contribution is -2.34. The zero-order chi connectivity index (χ0) is 15.0. The maximum Gasteiger partial charge on any atom is 0.241 e. The van der Waals surface area contributed by atoms with Gasteiger partial charge < -0.3 is 4.90 Å². The minimum absolute atomic E-state index is 0.0124. The Morgan fingerprint density at radius 3 is 2.15 bits per heavy atom. The van der Waals surface area contributed by atoms with Crippen LogP contribution < -0.4 is 4.90 Å². The maximum atomic E-state index is 12.2. The van der Waals surface area contributed by atoms with Crippen LogP contribution in [0, 0.1) is 0 Å². The van der Waals surface area contributed by atoms with Gasteiger partial charge in [-0.2, -0.15) is 0 Å². The summed E-state index contributed by atoms with van der Waals surface area (Å²) in [6.45, 7) is 7.20. The maximum absolute atomic E-state index is 12.2. The van der Waals surface area contributed by atoms with Crippen molar-refractivity contribution in [1.82, 2.24) is 0 Å². The van der Waals surface area contributed by atoms with Crippen LogP contribution in [0.25, 0.3) is 0 Å². The van der Waals surface area contributed by atoms with Gasteiger partial charge in [-0.05, 0) is 30.4 Å². The highest BCUT2D eigenvalue weighted by atomic mass is 35.5. The van der Waals surface area contributed by atoms with Crippen LogP contribution in [0.1, 0.15) is 51.2 Å². The molecule has 1 amide bonds. The number of rotatable bonds is 8. The molecular weight excluding hydrogens is 270 g/mol. The molecule has 0 radical (unpaired) electrons. The zero-order valence-corrected chi connectivity index (χ0v) is 13.7. The summed E-state index contributed by atoms with van der Waals surface area (Å²) in [6, 6.07) is 6.31. The minimum Gasteiger partial charge on any atom is -0.311 e. The van der Waals surface area contributed by atoms with Gasteiger partial charge in [0.1, 0.15) is 5.88 Å². The minimum atomic E-state index is 0.0124. The molecule has 1 rings (SSSR count). The molecule has 0 spiro atoms. The summed E-state index contributed by atoms with van der Waals surface area (Å²) in [5.74, 6) is 0.0613. The zero-order valence-electron chi connectivity index (χ0n) is 12.9. The molecule has 0 aliphatic heterocycles. The third-order valence-corrected chi connectivity index (χ3v) is 3.86. The Kier molecular flexibility index (Phi) is 7.68. The first-order chi connectivity index (χ1) is 9.69. The number of alkyl halides is 1. The molecule has 2 nitrogen and oxygen atoms in total. The molecule has 1 aromatic rings. The molecule has 3 heteroatoms. The Bertz CT molecular complexity index is 409. The predicted molar refractivity (Wildman–Crippen MR) is 87.8 cm³/mol. The number of unbranched alkanes of at least 4 members (excludes halogenated alkanes) is 2. The Labute approximate surface area is 128 Å². The van der Waals surface area contributed by atoms with Gasteiger partial charge in [-0.15, -0.1) is 11.6 Å². The van der Waals surface area contributed by atoms with Crippen molar-refractivity contribution in [1.29, 1.82) is 0 Å². The molecule has 20 heavy (non-hydrogen) atoms. The van der Waals surface area contributed by atoms with Gasteiger partial charge >= 0.3 is 0 Å². The van der Waals surface area contributed by atoms with Crippen molar-refractivity contribution in [3.63, 3.8) is 0 Å². The van der Waals surface area contributed by atoms with Gasteiger partial charge in [0, 0.05) is 6.54 Å². The number of nitrogens with zero attached hydrogens (tertiary/aromatic N) is 1. The number of hydrogen-bond acceptors (Lipinski definition) is 1. The SMILES string of the molecule is CCCCCN(C(=O)CCl)c1c(CC)cccc1CC. The van der Waals surface area contributed by atoms with E-state index in [1.807, 2.05) is 4.90 Å². The number of aryl methyl sites for hydroxylation is 2. The molecule has 0 N–H and O–H groups in total. The molecule has 0 saturated carbocycles. The van der Waals surface area contributed by atoms with Gasteiger partial charge in [-0.1, -0.05) is 51.8 Å². The van der Waals surface area contributed by atoms with Crippen LogP contribution in [-0.2, 0) is 17.6 Å². The third-order valence-electron chi connectivity index (χ3n) is 3.64. The Hall–Kier alpha value is -1.02. The van der Waals surface area contributed by atoms with E-state index in [0.717, 1.165) is 44.3 Å². The quantitative estimate of drug-likeness (QED) is 0.508. The van der Waals surface area contributed by atoms with Crippen molar-refractivity contribution in [3.8, 4) is 0 Å². The summed E-state index contributed by atoms with van der Waals surface area (Å²) < 4.78 is 0. The van der Waals surface area contributed by atoms with E-state index in [1.54, 1.807) is 0 Å². The van der Waals surface area contributed by atoms with Crippen molar-refractivity contribution in [2.75, 3.05) is 17.3 Å². The summed E-state index contributed by atoms with van der Waals surface area (Å²) in [4.78, 5) is 14.1. The van der Waals surface area contributed by atoms with Gasteiger partial charge in [0.2, 0.25) is 5.91 Å². The summed E-state index contributed by atoms with van der Waals surface area (Å²) in [5, 5.41) is 0. The number of halogens is 1. The van der Waals surface area contributed by atoms with Crippen LogP contribution in [0.5, 0.6) is 0 Å². The number of benzene rings is 1. The number of amides is 1. The molecule has 0 aliphatic carbocycles. The van der Waals surface area contributed by atoms with Gasteiger partial charge in [0.25, 0.3) is 0 Å². The topological polar surface area (TPSA) is 20.3 Å². The molecule has 0 unspecified atom stereocenters. The first-order valence-electron chi connectivity index (χ1n) is 7.66. The van der Waals surface area contributed by atoms with Crippen LogP contribution in [-0.4, -0.2) is 18.3 Å². The second-order valence-electron chi connectivity index (χ2n) is 5.02. The van der Waals surface area contributed by atoms with Crippen LogP contribution >= 0.6 is 11.6 Å². The van der Waals surface area contributed by atoms with E-state index < -0.39 is 0 Å². The Morgan fingerprint density at radius 1 is 1.10 bits per heavy atom. The average molecular weight is 296 g/mol. The highest BCUT2D eigenvalue weighted by molar-refractivity contribution is 6.29. The Morgan fingerprint density at radius 2 is 1.70 bits per heavy atom. The summed E-state index contributed by atoms with van der Waals surface area (Å²) in [5.41, 5.74) is 3.57. The number of anilines is 1. The highest BCUT2D eigenvalue weighted by Gasteiger charge is 2.19. The van der Waals surface area contributed by atoms with Gasteiger partial charge in [-0.3, -0.25) is 4.79 Å². The third kappa shape index (κ3) is 4.24. The predicted octanol–water partition coefficient (Wildman–Crippen LogP) is 4.57. The normalized spacial score (nSPS) is 10.6. The smallest absolute Gasteiger partial charge is 0.241 e. The van der Waals surface area contributed by atoms with E-state index in [1.165, 1.54) is 11.1 Å². The first-order valence-corrected chi connectivity index (χ1v) is 8.20. The fourth-order valence-electron chi connectivity index (χ4n) is 2.52. The van der Waals surface area contributed by atoms with E-state index in [9.17, 15) is 4.79 Å². The average Bonchev–Trinajstić information content (AvgIpc) is 2.50. The number of carbonyl (C=O) groups excluding carboxylic acids is 1. The molecule has 0 fully saturated rings. The van der Waals surface area contributed by atoms with Gasteiger partial charge in [0.05, 0.1) is 5.69 Å². The van der Waals surface area contributed by atoms with Crippen molar-refractivity contribution < 1.29 is 4.79 Å². The van der Waals surface area contributed by atoms with Crippen LogP contribution in [0.3, 0.4) is 0 Å². The van der Waals surface area contributed by atoms with Crippen molar-refractivity contribution in [2.45, 2.75) is 52.9 Å². The fraction of sp³-hybridized carbons (Fsp3) is 0.588. The standard InChI is InChI=1S/C17H26ClNO/c1-4-7-8-12-19(16(20)13-18)17-14(5-2)10-9-11-15(17)6-3/h9-11H,4-8,12-13H2,1-3H3. The van der Waals surface area contributed by atoms with Crippen molar-refractivity contribution in [2.24, 2.45) is 0 Å². The van der Waals surface area contributed by atoms with Crippen molar-refractivity contribution >= 4 is 23.2 Å². The van der Waals surface area contributed by atoms with Gasteiger partial charge in [0.15, 0.2) is 0 Å². The van der Waals surface area contributed by atoms with Crippen molar-refractivity contribution in [3.05, 3.63) is 29.3 Å². The second-order valence-corrected chi connectivity index (χ2v) is 5.29. The van der Waals surface area contributed by atoms with Crippen LogP contribution in [0.15, 0.2) is 18.2 Å². The molecule has 0 heterocycles. The summed E-state index contributed by atoms with van der Waals surface area (Å²) >= 11 is 5.81. The lowest BCUT2D eigenvalue weighted by atomic mass is 10.0. The lowest BCUT2D eigenvalue weighted by Gasteiger charge is -2.27. The Balaban J connectivity index is 3.14. The van der Waals surface area contributed by atoms with E-state index >= 15 is 0 Å². The molecule has 0 aliphatic rings. The number of carbonyl (C=O) groups is 1.